The zero-order valence-corrected chi connectivity index (χ0v) is 11.8. The highest BCUT2D eigenvalue weighted by Gasteiger charge is 2.24. The van der Waals surface area contributed by atoms with Gasteiger partial charge in [-0.15, -0.1) is 0 Å². The average Bonchev–Trinajstić information content (AvgIpc) is 2.35. The van der Waals surface area contributed by atoms with Crippen molar-refractivity contribution in [2.24, 2.45) is 0 Å². The van der Waals surface area contributed by atoms with E-state index in [1.807, 2.05) is 0 Å². The molecule has 0 fully saturated rings. The van der Waals surface area contributed by atoms with Gasteiger partial charge in [-0.05, 0) is 25.8 Å². The minimum absolute atomic E-state index is 0.0321. The normalized spacial score (nSPS) is 13.4. The standard InChI is InChI=1S/C12H20N2O7/c1-8(15)10(14(20)21)4-2-3-7-13-9(12(18)19)5-6-11(16)17/h9-10,13H,2-7H2,1H3,(H,16,17)(H,18,19)/t9?,10-/m0/s1. The second-order valence-corrected chi connectivity index (χ2v) is 4.68. The molecule has 0 aromatic carbocycles. The van der Waals surface area contributed by atoms with E-state index in [9.17, 15) is 24.5 Å². The van der Waals surface area contributed by atoms with Crippen LogP contribution in [0.4, 0.5) is 0 Å². The van der Waals surface area contributed by atoms with Crippen LogP contribution >= 0.6 is 0 Å². The van der Waals surface area contributed by atoms with Gasteiger partial charge in [0.25, 0.3) is 6.04 Å². The number of Topliss-reactive ketones (excluding diaryl/α,β-unsaturated/α-hetero) is 1. The fraction of sp³-hybridized carbons (Fsp3) is 0.750. The van der Waals surface area contributed by atoms with E-state index in [1.165, 1.54) is 0 Å². The van der Waals surface area contributed by atoms with Gasteiger partial charge in [0.1, 0.15) is 6.04 Å². The van der Waals surface area contributed by atoms with Crippen LogP contribution in [0.5, 0.6) is 0 Å². The Hall–Kier alpha value is -2.03. The van der Waals surface area contributed by atoms with Gasteiger partial charge in [0.15, 0.2) is 0 Å². The molecule has 0 heterocycles. The van der Waals surface area contributed by atoms with Gasteiger partial charge in [-0.25, -0.2) is 0 Å². The van der Waals surface area contributed by atoms with Gasteiger partial charge in [0.2, 0.25) is 5.78 Å². The molecule has 0 aliphatic heterocycles. The lowest BCUT2D eigenvalue weighted by atomic mass is 10.1. The van der Waals surface area contributed by atoms with Gasteiger partial charge in [-0.3, -0.25) is 24.5 Å². The Morgan fingerprint density at radius 3 is 2.24 bits per heavy atom. The fourth-order valence-corrected chi connectivity index (χ4v) is 1.78. The number of ketones is 1. The Morgan fingerprint density at radius 1 is 1.19 bits per heavy atom. The maximum Gasteiger partial charge on any atom is 0.320 e. The molecule has 0 aliphatic carbocycles. The number of hydrogen-bond donors (Lipinski definition) is 3. The summed E-state index contributed by atoms with van der Waals surface area (Å²) < 4.78 is 0. The predicted octanol–water partition coefficient (Wildman–Crippen LogP) is 0.299. The van der Waals surface area contributed by atoms with Gasteiger partial charge in [0, 0.05) is 24.7 Å². The lowest BCUT2D eigenvalue weighted by molar-refractivity contribution is -0.508. The maximum atomic E-state index is 11.0. The molecule has 0 radical (unpaired) electrons. The first-order chi connectivity index (χ1) is 9.75. The molecule has 1 unspecified atom stereocenters. The second kappa shape index (κ2) is 9.81. The highest BCUT2D eigenvalue weighted by atomic mass is 16.6. The van der Waals surface area contributed by atoms with E-state index in [2.05, 4.69) is 5.32 Å². The van der Waals surface area contributed by atoms with Crippen LogP contribution in [0.2, 0.25) is 0 Å². The van der Waals surface area contributed by atoms with Crippen molar-refractivity contribution < 1.29 is 29.5 Å². The lowest BCUT2D eigenvalue weighted by Crippen LogP contribution is -2.37. The number of unbranched alkanes of at least 4 members (excludes halogenated alkanes) is 1. The number of rotatable bonds is 12. The van der Waals surface area contributed by atoms with Crippen LogP contribution < -0.4 is 5.32 Å². The first kappa shape index (κ1) is 19.0. The van der Waals surface area contributed by atoms with Crippen molar-refractivity contribution in [3.63, 3.8) is 0 Å². The van der Waals surface area contributed by atoms with Crippen LogP contribution in [-0.2, 0) is 14.4 Å². The molecule has 0 spiro atoms. The number of carbonyl (C=O) groups is 3. The lowest BCUT2D eigenvalue weighted by Gasteiger charge is -2.13. The molecule has 0 aromatic rings. The van der Waals surface area contributed by atoms with Crippen molar-refractivity contribution in [2.45, 2.75) is 51.1 Å². The molecule has 9 nitrogen and oxygen atoms in total. The van der Waals surface area contributed by atoms with Crippen molar-refractivity contribution in [3.05, 3.63) is 10.1 Å². The molecule has 0 bridgehead atoms. The largest absolute Gasteiger partial charge is 0.481 e. The van der Waals surface area contributed by atoms with Crippen molar-refractivity contribution in [1.82, 2.24) is 5.32 Å². The van der Waals surface area contributed by atoms with Crippen molar-refractivity contribution in [3.8, 4) is 0 Å². The molecule has 0 saturated carbocycles. The Morgan fingerprint density at radius 2 is 1.81 bits per heavy atom. The van der Waals surface area contributed by atoms with Crippen LogP contribution in [0.3, 0.4) is 0 Å². The number of carboxylic acid groups (broad SMARTS) is 2. The van der Waals surface area contributed by atoms with E-state index < -0.39 is 34.7 Å². The summed E-state index contributed by atoms with van der Waals surface area (Å²) in [6.45, 7) is 1.46. The van der Waals surface area contributed by atoms with Crippen molar-refractivity contribution in [1.29, 1.82) is 0 Å². The zero-order chi connectivity index (χ0) is 16.4. The van der Waals surface area contributed by atoms with Gasteiger partial charge in [0.05, 0.1) is 0 Å². The second-order valence-electron chi connectivity index (χ2n) is 4.68. The smallest absolute Gasteiger partial charge is 0.320 e. The Labute approximate surface area is 121 Å². The molecule has 3 N–H and O–H groups in total. The molecule has 0 saturated heterocycles. The number of carboxylic acids is 2. The number of nitrogens with one attached hydrogen (secondary N) is 1. The highest BCUT2D eigenvalue weighted by molar-refractivity contribution is 5.80. The summed E-state index contributed by atoms with van der Waals surface area (Å²) in [6.07, 6.45) is 0.697. The van der Waals surface area contributed by atoms with E-state index in [4.69, 9.17) is 10.2 Å². The van der Waals surface area contributed by atoms with Gasteiger partial charge < -0.3 is 15.5 Å². The molecule has 9 heteroatoms. The van der Waals surface area contributed by atoms with Gasteiger partial charge >= 0.3 is 11.9 Å². The summed E-state index contributed by atoms with van der Waals surface area (Å²) in [5, 5.41) is 30.7. The third-order valence-electron chi connectivity index (χ3n) is 2.96. The fourth-order valence-electron chi connectivity index (χ4n) is 1.78. The van der Waals surface area contributed by atoms with E-state index in [1.54, 1.807) is 0 Å². The molecule has 2 atom stereocenters. The highest BCUT2D eigenvalue weighted by Crippen LogP contribution is 2.06. The summed E-state index contributed by atoms with van der Waals surface area (Å²) in [6, 6.07) is -2.17. The molecular formula is C12H20N2O7. The van der Waals surface area contributed by atoms with E-state index in [0.717, 1.165) is 6.92 Å². The van der Waals surface area contributed by atoms with Crippen molar-refractivity contribution in [2.75, 3.05) is 6.54 Å². The topological polar surface area (TPSA) is 147 Å². The molecule has 0 rings (SSSR count). The number of carbonyl (C=O) groups excluding carboxylic acids is 1. The molecule has 21 heavy (non-hydrogen) atoms. The van der Waals surface area contributed by atoms with Crippen LogP contribution in [0.1, 0.15) is 39.0 Å². The van der Waals surface area contributed by atoms with Crippen LogP contribution in [0.25, 0.3) is 0 Å². The van der Waals surface area contributed by atoms with Crippen LogP contribution in [-0.4, -0.2) is 51.5 Å². The first-order valence-electron chi connectivity index (χ1n) is 6.57. The van der Waals surface area contributed by atoms with Crippen LogP contribution in [0.15, 0.2) is 0 Å². The average molecular weight is 304 g/mol. The zero-order valence-electron chi connectivity index (χ0n) is 11.8. The Balaban J connectivity index is 4.00. The predicted molar refractivity (Wildman–Crippen MR) is 71.6 cm³/mol. The SMILES string of the molecule is CC(=O)[C@H](CCCCNC(CCC(=O)O)C(=O)O)[N+](=O)[O-]. The number of hydrogen-bond acceptors (Lipinski definition) is 6. The monoisotopic (exact) mass is 304 g/mol. The van der Waals surface area contributed by atoms with E-state index in [-0.39, 0.29) is 19.3 Å². The maximum absolute atomic E-state index is 11.0. The molecule has 0 aliphatic rings. The summed E-state index contributed by atoms with van der Waals surface area (Å²) in [5.74, 6) is -2.71. The van der Waals surface area contributed by atoms with Crippen molar-refractivity contribution >= 4 is 17.7 Å². The molecular weight excluding hydrogens is 284 g/mol. The van der Waals surface area contributed by atoms with Crippen LogP contribution in [0, 0.1) is 10.1 Å². The third-order valence-corrected chi connectivity index (χ3v) is 2.96. The van der Waals surface area contributed by atoms with Gasteiger partial charge in [-0.2, -0.15) is 0 Å². The minimum atomic E-state index is -1.22. The Kier molecular flexibility index (Phi) is 8.86. The number of nitrogens with zero attached hydrogens (tertiary/aromatic N) is 1. The summed E-state index contributed by atoms with van der Waals surface area (Å²) >= 11 is 0. The minimum Gasteiger partial charge on any atom is -0.481 e. The summed E-state index contributed by atoms with van der Waals surface area (Å²) in [4.78, 5) is 42.2. The summed E-state index contributed by atoms with van der Waals surface area (Å²) in [7, 11) is 0. The van der Waals surface area contributed by atoms with E-state index in [0.29, 0.717) is 19.4 Å². The number of nitro groups is 1. The third kappa shape index (κ3) is 8.69. The molecule has 0 amide bonds. The van der Waals surface area contributed by atoms with E-state index >= 15 is 0 Å². The quantitative estimate of drug-likeness (QED) is 0.265. The Bertz CT molecular complexity index is 383. The number of aliphatic carboxylic acids is 2. The summed E-state index contributed by atoms with van der Waals surface area (Å²) in [5.41, 5.74) is 0. The molecule has 0 aromatic heterocycles. The molecule has 120 valence electrons. The van der Waals surface area contributed by atoms with Gasteiger partial charge in [-0.1, -0.05) is 0 Å². The first-order valence-corrected chi connectivity index (χ1v) is 6.57.